The number of carbonyl (C=O) groups is 1. The zero-order chi connectivity index (χ0) is 22.8. The number of thiazole rings is 1. The Morgan fingerprint density at radius 2 is 1.85 bits per heavy atom. The van der Waals surface area contributed by atoms with E-state index in [1.807, 2.05) is 36.9 Å². The zero-order valence-electron chi connectivity index (χ0n) is 18.9. The van der Waals surface area contributed by atoms with Gasteiger partial charge in [0.1, 0.15) is 11.3 Å². The number of fused-ring (bicyclic) bond motifs is 1. The minimum Gasteiger partial charge on any atom is -0.340 e. The third-order valence-corrected chi connectivity index (χ3v) is 7.20. The van der Waals surface area contributed by atoms with Crippen molar-refractivity contribution in [3.8, 4) is 10.6 Å². The summed E-state index contributed by atoms with van der Waals surface area (Å²) >= 11 is 1.69. The van der Waals surface area contributed by atoms with Crippen molar-refractivity contribution in [2.75, 3.05) is 26.2 Å². The molecular formula is C24H27N7OS. The van der Waals surface area contributed by atoms with E-state index in [0.29, 0.717) is 18.6 Å². The molecule has 0 bridgehead atoms. The number of hydrogen-bond donors (Lipinski definition) is 0. The largest absolute Gasteiger partial charge is 0.340 e. The van der Waals surface area contributed by atoms with E-state index in [1.165, 1.54) is 6.33 Å². The molecule has 0 N–H and O–H groups in total. The molecule has 5 rings (SSSR count). The molecule has 1 aliphatic rings. The molecule has 0 atom stereocenters. The van der Waals surface area contributed by atoms with Gasteiger partial charge in [-0.1, -0.05) is 30.3 Å². The van der Waals surface area contributed by atoms with Crippen LogP contribution in [0.4, 0.5) is 0 Å². The minimum atomic E-state index is 0.201. The summed E-state index contributed by atoms with van der Waals surface area (Å²) < 4.78 is 1.74. The molecule has 9 heteroatoms. The van der Waals surface area contributed by atoms with Crippen molar-refractivity contribution in [3.63, 3.8) is 0 Å². The van der Waals surface area contributed by atoms with E-state index in [2.05, 4.69) is 37.5 Å². The van der Waals surface area contributed by atoms with Gasteiger partial charge in [-0.05, 0) is 25.8 Å². The number of rotatable bonds is 6. The fourth-order valence-corrected chi connectivity index (χ4v) is 5.20. The normalized spacial score (nSPS) is 14.8. The highest BCUT2D eigenvalue weighted by molar-refractivity contribution is 7.13. The Morgan fingerprint density at radius 1 is 1.06 bits per heavy atom. The van der Waals surface area contributed by atoms with Crippen LogP contribution in [0.3, 0.4) is 0 Å². The maximum absolute atomic E-state index is 12.9. The number of carbonyl (C=O) groups excluding carboxylic acids is 1. The number of amides is 1. The fourth-order valence-electron chi connectivity index (χ4n) is 4.38. The first-order valence-electron chi connectivity index (χ1n) is 11.2. The van der Waals surface area contributed by atoms with Crippen molar-refractivity contribution in [1.82, 2.24) is 34.4 Å². The zero-order valence-corrected chi connectivity index (χ0v) is 19.8. The van der Waals surface area contributed by atoms with E-state index < -0.39 is 0 Å². The van der Waals surface area contributed by atoms with Crippen molar-refractivity contribution in [2.24, 2.45) is 0 Å². The second kappa shape index (κ2) is 9.36. The summed E-state index contributed by atoms with van der Waals surface area (Å²) in [6, 6.07) is 10.3. The molecule has 1 saturated heterocycles. The van der Waals surface area contributed by atoms with Gasteiger partial charge in [-0.2, -0.15) is 10.1 Å². The summed E-state index contributed by atoms with van der Waals surface area (Å²) in [7, 11) is 0. The third kappa shape index (κ3) is 4.65. The van der Waals surface area contributed by atoms with Crippen LogP contribution in [0, 0.1) is 13.8 Å². The highest BCUT2D eigenvalue weighted by Crippen LogP contribution is 2.24. The first-order valence-corrected chi connectivity index (χ1v) is 12.1. The van der Waals surface area contributed by atoms with E-state index in [-0.39, 0.29) is 5.91 Å². The SMILES string of the molecule is Cc1nc2ncnn2c(C)c1CCC(=O)N1CCN(Cc2csc(-c3ccccc3)n2)CC1. The van der Waals surface area contributed by atoms with Gasteiger partial charge in [-0.3, -0.25) is 9.69 Å². The highest BCUT2D eigenvalue weighted by Gasteiger charge is 2.22. The lowest BCUT2D eigenvalue weighted by molar-refractivity contribution is -0.133. The Bertz CT molecular complexity index is 1260. The van der Waals surface area contributed by atoms with E-state index in [1.54, 1.807) is 15.9 Å². The maximum atomic E-state index is 12.9. The quantitative estimate of drug-likeness (QED) is 0.439. The predicted octanol–water partition coefficient (Wildman–Crippen LogP) is 3.14. The monoisotopic (exact) mass is 461 g/mol. The lowest BCUT2D eigenvalue weighted by Crippen LogP contribution is -2.48. The van der Waals surface area contributed by atoms with Gasteiger partial charge in [0.2, 0.25) is 5.91 Å². The molecule has 0 unspecified atom stereocenters. The molecule has 0 saturated carbocycles. The van der Waals surface area contributed by atoms with Gasteiger partial charge in [-0.25, -0.2) is 14.5 Å². The Balaban J connectivity index is 1.13. The highest BCUT2D eigenvalue weighted by atomic mass is 32.1. The molecule has 8 nitrogen and oxygen atoms in total. The van der Waals surface area contributed by atoms with Gasteiger partial charge in [0.15, 0.2) is 0 Å². The van der Waals surface area contributed by atoms with Crippen molar-refractivity contribution in [1.29, 1.82) is 0 Å². The second-order valence-corrected chi connectivity index (χ2v) is 9.26. The third-order valence-electron chi connectivity index (χ3n) is 6.26. The molecule has 4 heterocycles. The molecule has 0 spiro atoms. The van der Waals surface area contributed by atoms with Gasteiger partial charge < -0.3 is 4.90 Å². The Morgan fingerprint density at radius 3 is 2.64 bits per heavy atom. The van der Waals surface area contributed by atoms with Crippen LogP contribution in [0.25, 0.3) is 16.3 Å². The van der Waals surface area contributed by atoms with Crippen molar-refractivity contribution < 1.29 is 4.79 Å². The van der Waals surface area contributed by atoms with Gasteiger partial charge in [0.05, 0.1) is 5.69 Å². The Kier molecular flexibility index (Phi) is 6.15. The average molecular weight is 462 g/mol. The number of hydrogen-bond acceptors (Lipinski definition) is 7. The van der Waals surface area contributed by atoms with Crippen LogP contribution in [0.5, 0.6) is 0 Å². The summed E-state index contributed by atoms with van der Waals surface area (Å²) in [4.78, 5) is 30.7. The van der Waals surface area contributed by atoms with Crippen LogP contribution < -0.4 is 0 Å². The van der Waals surface area contributed by atoms with Crippen molar-refractivity contribution in [2.45, 2.75) is 33.2 Å². The smallest absolute Gasteiger partial charge is 0.252 e. The number of aromatic nitrogens is 5. The molecule has 1 amide bonds. The first-order chi connectivity index (χ1) is 16.1. The van der Waals surface area contributed by atoms with Gasteiger partial charge >= 0.3 is 0 Å². The van der Waals surface area contributed by atoms with Crippen LogP contribution in [0.1, 0.15) is 29.1 Å². The number of benzene rings is 1. The second-order valence-electron chi connectivity index (χ2n) is 8.40. The average Bonchev–Trinajstić information content (AvgIpc) is 3.50. The predicted molar refractivity (Wildman–Crippen MR) is 128 cm³/mol. The molecule has 170 valence electrons. The molecule has 0 radical (unpaired) electrons. The van der Waals surface area contributed by atoms with Crippen molar-refractivity contribution in [3.05, 3.63) is 64.7 Å². The summed E-state index contributed by atoms with van der Waals surface area (Å²) in [5.74, 6) is 0.805. The van der Waals surface area contributed by atoms with Crippen LogP contribution in [0.15, 0.2) is 42.0 Å². The number of nitrogens with zero attached hydrogens (tertiary/aromatic N) is 7. The van der Waals surface area contributed by atoms with Gasteiger partial charge in [0.25, 0.3) is 5.78 Å². The number of aryl methyl sites for hydroxylation is 2. The molecular weight excluding hydrogens is 434 g/mol. The lowest BCUT2D eigenvalue weighted by Gasteiger charge is -2.34. The van der Waals surface area contributed by atoms with E-state index >= 15 is 0 Å². The molecule has 1 aromatic carbocycles. The lowest BCUT2D eigenvalue weighted by atomic mass is 10.1. The van der Waals surface area contributed by atoms with Gasteiger partial charge in [-0.15, -0.1) is 11.3 Å². The summed E-state index contributed by atoms with van der Waals surface area (Å²) in [6.07, 6.45) is 2.66. The summed E-state index contributed by atoms with van der Waals surface area (Å²) in [5.41, 5.74) is 5.26. The van der Waals surface area contributed by atoms with Crippen LogP contribution in [-0.2, 0) is 17.8 Å². The number of piperazine rings is 1. The minimum absolute atomic E-state index is 0.201. The van der Waals surface area contributed by atoms with E-state index in [4.69, 9.17) is 4.98 Å². The molecule has 1 fully saturated rings. The molecule has 1 aliphatic heterocycles. The molecule has 3 aromatic heterocycles. The molecule has 33 heavy (non-hydrogen) atoms. The fraction of sp³-hybridized carbons (Fsp3) is 0.375. The van der Waals surface area contributed by atoms with Gasteiger partial charge in [0, 0.05) is 61.5 Å². The van der Waals surface area contributed by atoms with E-state index in [9.17, 15) is 4.79 Å². The molecule has 0 aliphatic carbocycles. The summed E-state index contributed by atoms with van der Waals surface area (Å²) in [6.45, 7) is 8.06. The standard InChI is InChI=1S/C24H27N7OS/c1-17-21(18(2)31-24(27-17)25-16-26-31)8-9-22(32)30-12-10-29(11-13-30)14-20-15-33-23(28-20)19-6-4-3-5-7-19/h3-7,15-16H,8-14H2,1-2H3. The van der Waals surface area contributed by atoms with E-state index in [0.717, 1.165) is 65.9 Å². The topological polar surface area (TPSA) is 79.5 Å². The van der Waals surface area contributed by atoms with Crippen LogP contribution >= 0.6 is 11.3 Å². The summed E-state index contributed by atoms with van der Waals surface area (Å²) in [5, 5.41) is 7.44. The Labute approximate surface area is 196 Å². The Hall–Kier alpha value is -3.17. The first kappa shape index (κ1) is 21.7. The van der Waals surface area contributed by atoms with Crippen LogP contribution in [0.2, 0.25) is 0 Å². The van der Waals surface area contributed by atoms with Crippen molar-refractivity contribution >= 4 is 23.0 Å². The maximum Gasteiger partial charge on any atom is 0.252 e. The molecule has 4 aromatic rings. The van der Waals surface area contributed by atoms with Crippen LogP contribution in [-0.4, -0.2) is 66.5 Å².